The lowest BCUT2D eigenvalue weighted by molar-refractivity contribution is 0.397. The van der Waals surface area contributed by atoms with E-state index in [1.807, 2.05) is 32.0 Å². The van der Waals surface area contributed by atoms with Gasteiger partial charge in [0.05, 0.1) is 7.11 Å². The van der Waals surface area contributed by atoms with Crippen LogP contribution in [0.5, 0.6) is 5.75 Å². The average molecular weight is 300 g/mol. The molecule has 0 bridgehead atoms. The van der Waals surface area contributed by atoms with Crippen LogP contribution in [0.2, 0.25) is 0 Å². The summed E-state index contributed by atoms with van der Waals surface area (Å²) in [6, 6.07) is 5.25. The molecule has 0 saturated heterocycles. The third kappa shape index (κ3) is 4.77. The molecule has 0 aromatic heterocycles. The summed E-state index contributed by atoms with van der Waals surface area (Å²) < 4.78 is 32.4. The van der Waals surface area contributed by atoms with E-state index < -0.39 is 10.0 Å². The Morgan fingerprint density at radius 3 is 2.55 bits per heavy atom. The van der Waals surface area contributed by atoms with Crippen molar-refractivity contribution in [1.82, 2.24) is 9.62 Å². The Morgan fingerprint density at radius 1 is 1.30 bits per heavy atom. The summed E-state index contributed by atoms with van der Waals surface area (Å²) in [5.74, 6) is 0.377. The van der Waals surface area contributed by atoms with Gasteiger partial charge in [0.2, 0.25) is 10.0 Å². The standard InChI is InChI=1S/C14H24N2O3S/c1-5-12-7-8-13(19-4)14(11-12)20(17,18)15-9-6-10-16(2)3/h7-8,11,15H,5-6,9-10H2,1-4H3. The van der Waals surface area contributed by atoms with Crippen LogP contribution >= 0.6 is 0 Å². The van der Waals surface area contributed by atoms with E-state index in [9.17, 15) is 8.42 Å². The Labute approximate surface area is 122 Å². The molecule has 1 aromatic rings. The zero-order valence-corrected chi connectivity index (χ0v) is 13.5. The summed E-state index contributed by atoms with van der Waals surface area (Å²) in [7, 11) is 1.87. The summed E-state index contributed by atoms with van der Waals surface area (Å²) in [5, 5.41) is 0. The number of hydrogen-bond donors (Lipinski definition) is 1. The molecule has 6 heteroatoms. The first kappa shape index (κ1) is 16.9. The fourth-order valence-corrected chi connectivity index (χ4v) is 3.12. The predicted octanol–water partition coefficient (Wildman–Crippen LogP) is 1.49. The second-order valence-corrected chi connectivity index (χ2v) is 6.63. The molecule has 0 heterocycles. The van der Waals surface area contributed by atoms with Crippen molar-refractivity contribution in [3.05, 3.63) is 23.8 Å². The molecule has 0 amide bonds. The number of nitrogens with zero attached hydrogens (tertiary/aromatic N) is 1. The van der Waals surface area contributed by atoms with E-state index in [2.05, 4.69) is 4.72 Å². The topological polar surface area (TPSA) is 58.6 Å². The number of nitrogens with one attached hydrogen (secondary N) is 1. The number of methoxy groups -OCH3 is 1. The molecule has 114 valence electrons. The molecule has 0 aliphatic carbocycles. The molecule has 1 rings (SSSR count). The SMILES string of the molecule is CCc1ccc(OC)c(S(=O)(=O)NCCCN(C)C)c1. The predicted molar refractivity (Wildman–Crippen MR) is 80.7 cm³/mol. The van der Waals surface area contributed by atoms with Gasteiger partial charge in [-0.1, -0.05) is 13.0 Å². The van der Waals surface area contributed by atoms with Crippen LogP contribution in [-0.4, -0.2) is 47.6 Å². The number of sulfonamides is 1. The number of aryl methyl sites for hydroxylation is 1. The van der Waals surface area contributed by atoms with Crippen molar-refractivity contribution in [3.63, 3.8) is 0 Å². The lowest BCUT2D eigenvalue weighted by Crippen LogP contribution is -2.27. The summed E-state index contributed by atoms with van der Waals surface area (Å²) in [6.45, 7) is 3.25. The second kappa shape index (κ2) is 7.61. The van der Waals surface area contributed by atoms with Gasteiger partial charge in [0.15, 0.2) is 0 Å². The van der Waals surface area contributed by atoms with Gasteiger partial charge >= 0.3 is 0 Å². The largest absolute Gasteiger partial charge is 0.495 e. The molecule has 1 N–H and O–H groups in total. The highest BCUT2D eigenvalue weighted by Gasteiger charge is 2.19. The normalized spacial score (nSPS) is 11.8. The fraction of sp³-hybridized carbons (Fsp3) is 0.571. The first-order valence-electron chi connectivity index (χ1n) is 6.72. The minimum absolute atomic E-state index is 0.212. The van der Waals surface area contributed by atoms with Gasteiger partial charge in [-0.15, -0.1) is 0 Å². The van der Waals surface area contributed by atoms with Crippen molar-refractivity contribution in [2.75, 3.05) is 34.3 Å². The molecule has 0 saturated carbocycles. The smallest absolute Gasteiger partial charge is 0.244 e. The van der Waals surface area contributed by atoms with Gasteiger partial charge in [-0.2, -0.15) is 0 Å². The van der Waals surface area contributed by atoms with Gasteiger partial charge in [-0.25, -0.2) is 13.1 Å². The number of ether oxygens (including phenoxy) is 1. The van der Waals surface area contributed by atoms with Gasteiger partial charge in [-0.3, -0.25) is 0 Å². The minimum atomic E-state index is -3.53. The van der Waals surface area contributed by atoms with E-state index in [0.29, 0.717) is 12.3 Å². The minimum Gasteiger partial charge on any atom is -0.495 e. The molecular weight excluding hydrogens is 276 g/mol. The summed E-state index contributed by atoms with van der Waals surface area (Å²) in [6.07, 6.45) is 1.55. The molecule has 0 unspecified atom stereocenters. The van der Waals surface area contributed by atoms with E-state index in [0.717, 1.165) is 24.9 Å². The van der Waals surface area contributed by atoms with Gasteiger partial charge < -0.3 is 9.64 Å². The van der Waals surface area contributed by atoms with E-state index in [1.165, 1.54) is 7.11 Å². The number of rotatable bonds is 8. The maximum Gasteiger partial charge on any atom is 0.244 e. The van der Waals surface area contributed by atoms with Crippen LogP contribution in [0.25, 0.3) is 0 Å². The zero-order chi connectivity index (χ0) is 15.2. The van der Waals surface area contributed by atoms with Crippen molar-refractivity contribution in [2.45, 2.75) is 24.7 Å². The molecule has 0 fully saturated rings. The highest BCUT2D eigenvalue weighted by Crippen LogP contribution is 2.24. The lowest BCUT2D eigenvalue weighted by atomic mass is 10.2. The Hall–Kier alpha value is -1.11. The van der Waals surface area contributed by atoms with Crippen molar-refractivity contribution >= 4 is 10.0 Å². The fourth-order valence-electron chi connectivity index (χ4n) is 1.83. The Bertz CT molecular complexity index is 527. The molecule has 20 heavy (non-hydrogen) atoms. The van der Waals surface area contributed by atoms with Crippen LogP contribution in [0.1, 0.15) is 18.9 Å². The number of benzene rings is 1. The monoisotopic (exact) mass is 300 g/mol. The van der Waals surface area contributed by atoms with E-state index >= 15 is 0 Å². The van der Waals surface area contributed by atoms with Gasteiger partial charge in [0.25, 0.3) is 0 Å². The van der Waals surface area contributed by atoms with Crippen LogP contribution in [0.15, 0.2) is 23.1 Å². The van der Waals surface area contributed by atoms with E-state index in [4.69, 9.17) is 4.74 Å². The van der Waals surface area contributed by atoms with Gasteiger partial charge in [0.1, 0.15) is 10.6 Å². The first-order chi connectivity index (χ1) is 9.40. The van der Waals surface area contributed by atoms with Crippen LogP contribution in [0.3, 0.4) is 0 Å². The van der Waals surface area contributed by atoms with E-state index in [-0.39, 0.29) is 4.90 Å². The Kier molecular flexibility index (Phi) is 6.45. The summed E-state index contributed by atoms with van der Waals surface area (Å²) >= 11 is 0. The molecule has 1 aromatic carbocycles. The van der Waals surface area contributed by atoms with Crippen LogP contribution in [-0.2, 0) is 16.4 Å². The summed E-state index contributed by atoms with van der Waals surface area (Å²) in [4.78, 5) is 2.23. The molecule has 0 spiro atoms. The highest BCUT2D eigenvalue weighted by molar-refractivity contribution is 7.89. The first-order valence-corrected chi connectivity index (χ1v) is 8.20. The van der Waals surface area contributed by atoms with Crippen molar-refractivity contribution < 1.29 is 13.2 Å². The quantitative estimate of drug-likeness (QED) is 0.739. The maximum absolute atomic E-state index is 12.3. The molecule has 0 atom stereocenters. The van der Waals surface area contributed by atoms with Crippen molar-refractivity contribution in [2.24, 2.45) is 0 Å². The third-order valence-electron chi connectivity index (χ3n) is 3.00. The molecule has 0 aliphatic heterocycles. The molecular formula is C14H24N2O3S. The van der Waals surface area contributed by atoms with Crippen molar-refractivity contribution in [3.8, 4) is 5.75 Å². The maximum atomic E-state index is 12.3. The van der Waals surface area contributed by atoms with Gasteiger partial charge in [-0.05, 0) is 51.2 Å². The lowest BCUT2D eigenvalue weighted by Gasteiger charge is -2.13. The summed E-state index contributed by atoms with van der Waals surface area (Å²) in [5.41, 5.74) is 0.972. The third-order valence-corrected chi connectivity index (χ3v) is 4.48. The highest BCUT2D eigenvalue weighted by atomic mass is 32.2. The van der Waals surface area contributed by atoms with Crippen LogP contribution in [0.4, 0.5) is 0 Å². The zero-order valence-electron chi connectivity index (χ0n) is 12.6. The number of hydrogen-bond acceptors (Lipinski definition) is 4. The van der Waals surface area contributed by atoms with Crippen LogP contribution in [0, 0.1) is 0 Å². The molecule has 0 radical (unpaired) electrons. The Balaban J connectivity index is 2.85. The van der Waals surface area contributed by atoms with Crippen molar-refractivity contribution in [1.29, 1.82) is 0 Å². The Morgan fingerprint density at radius 2 is 2.00 bits per heavy atom. The van der Waals surface area contributed by atoms with Crippen LogP contribution < -0.4 is 9.46 Å². The van der Waals surface area contributed by atoms with E-state index in [1.54, 1.807) is 12.1 Å². The second-order valence-electron chi connectivity index (χ2n) is 4.89. The molecule has 0 aliphatic rings. The average Bonchev–Trinajstić information content (AvgIpc) is 2.42. The van der Waals surface area contributed by atoms with Gasteiger partial charge in [0, 0.05) is 6.54 Å². The molecule has 5 nitrogen and oxygen atoms in total.